The van der Waals surface area contributed by atoms with Crippen LogP contribution in [-0.2, 0) is 9.53 Å². The Morgan fingerprint density at radius 3 is 2.33 bits per heavy atom. The fourth-order valence-corrected chi connectivity index (χ4v) is 5.49. The average molecular weight is 479 g/mol. The number of anilines is 1. The minimum atomic E-state index is -1.79. The normalized spacial score (nSPS) is 23.8. The highest BCUT2D eigenvalue weighted by Crippen LogP contribution is 2.56. The van der Waals surface area contributed by atoms with Gasteiger partial charge in [0.05, 0.1) is 24.1 Å². The van der Waals surface area contributed by atoms with Crippen LogP contribution in [0, 0.1) is 26.9 Å². The van der Waals surface area contributed by atoms with Crippen LogP contribution in [0.1, 0.15) is 27.4 Å². The zero-order valence-electron chi connectivity index (χ0n) is 19.3. The summed E-state index contributed by atoms with van der Waals surface area (Å²) in [5, 5.41) is 21.9. The molecule has 1 fully saturated rings. The highest BCUT2D eigenvalue weighted by molar-refractivity contribution is 6.06. The number of non-ortho nitro benzene ring substituents is 1. The summed E-state index contributed by atoms with van der Waals surface area (Å²) >= 11 is 0. The van der Waals surface area contributed by atoms with Gasteiger partial charge in [0.2, 0.25) is 0 Å². The van der Waals surface area contributed by atoms with Crippen molar-refractivity contribution in [2.24, 2.45) is 5.41 Å². The number of carbonyl (C=O) groups excluding carboxylic acids is 2. The third-order valence-electron chi connectivity index (χ3n) is 7.04. The summed E-state index contributed by atoms with van der Waals surface area (Å²) in [5.74, 6) is -2.00. The molecule has 0 saturated carbocycles. The number of nitro benzene ring substituents is 1. The van der Waals surface area contributed by atoms with Crippen molar-refractivity contribution in [3.63, 3.8) is 0 Å². The molecule has 0 unspecified atom stereocenters. The Hall–Kier alpha value is -4.77. The number of ether oxygens (including phenoxy) is 1. The number of rotatable bonds is 5. The van der Waals surface area contributed by atoms with Gasteiger partial charge in [-0.05, 0) is 17.2 Å². The van der Waals surface area contributed by atoms with Crippen LogP contribution >= 0.6 is 0 Å². The molecule has 0 spiro atoms. The second-order valence-corrected chi connectivity index (χ2v) is 8.74. The zero-order chi connectivity index (χ0) is 25.4. The Bertz CT molecular complexity index is 1430. The molecule has 36 heavy (non-hydrogen) atoms. The van der Waals surface area contributed by atoms with Crippen LogP contribution in [0.15, 0.2) is 84.9 Å². The summed E-state index contributed by atoms with van der Waals surface area (Å²) in [6.45, 7) is 0. The van der Waals surface area contributed by atoms with Crippen molar-refractivity contribution in [3.8, 4) is 6.07 Å². The summed E-state index contributed by atoms with van der Waals surface area (Å²) in [7, 11) is 1.21. The lowest BCUT2D eigenvalue weighted by atomic mass is 9.68. The van der Waals surface area contributed by atoms with Crippen molar-refractivity contribution < 1.29 is 19.2 Å². The van der Waals surface area contributed by atoms with Crippen molar-refractivity contribution >= 4 is 29.2 Å². The maximum atomic E-state index is 14.1. The zero-order valence-corrected chi connectivity index (χ0v) is 19.3. The predicted octanol–water partition coefficient (Wildman–Crippen LogP) is 4.53. The molecule has 0 N–H and O–H groups in total. The molecule has 0 aromatic heterocycles. The molecule has 0 aliphatic carbocycles. The Morgan fingerprint density at radius 1 is 1.03 bits per heavy atom. The van der Waals surface area contributed by atoms with Crippen LogP contribution in [-0.4, -0.2) is 35.9 Å². The van der Waals surface area contributed by atoms with E-state index in [-0.39, 0.29) is 11.5 Å². The van der Waals surface area contributed by atoms with Gasteiger partial charge in [-0.2, -0.15) is 5.26 Å². The van der Waals surface area contributed by atoms with Crippen molar-refractivity contribution in [2.45, 2.75) is 18.0 Å². The highest BCUT2D eigenvalue weighted by atomic mass is 16.6. The van der Waals surface area contributed by atoms with E-state index in [0.29, 0.717) is 16.8 Å². The van der Waals surface area contributed by atoms with E-state index in [9.17, 15) is 25.0 Å². The first-order valence-corrected chi connectivity index (χ1v) is 11.3. The van der Waals surface area contributed by atoms with Crippen LogP contribution in [0.5, 0.6) is 0 Å². The van der Waals surface area contributed by atoms with Gasteiger partial charge < -0.3 is 9.64 Å². The second kappa shape index (κ2) is 8.78. The Morgan fingerprint density at radius 2 is 1.69 bits per heavy atom. The number of para-hydroxylation sites is 1. The number of methoxy groups -OCH3 is 1. The van der Waals surface area contributed by atoms with Gasteiger partial charge in [0.25, 0.3) is 5.69 Å². The van der Waals surface area contributed by atoms with Crippen molar-refractivity contribution in [1.29, 1.82) is 5.26 Å². The molecule has 3 aromatic rings. The molecule has 5 rings (SSSR count). The maximum Gasteiger partial charge on any atom is 0.329 e. The number of hydrogen-bond acceptors (Lipinski definition) is 7. The number of hydrogen-bond donors (Lipinski definition) is 0. The number of nitrogens with zero attached hydrogens (tertiary/aromatic N) is 3. The molecule has 2 aliphatic rings. The molecule has 3 aromatic carbocycles. The predicted molar refractivity (Wildman–Crippen MR) is 132 cm³/mol. The Kier molecular flexibility index (Phi) is 5.61. The van der Waals surface area contributed by atoms with E-state index in [1.165, 1.54) is 31.4 Å². The molecule has 8 heteroatoms. The van der Waals surface area contributed by atoms with E-state index in [2.05, 4.69) is 6.07 Å². The number of fused-ring (bicyclic) bond motifs is 3. The number of nitriles is 1. The molecule has 2 heterocycles. The maximum absolute atomic E-state index is 14.1. The molecule has 0 amide bonds. The molecule has 178 valence electrons. The largest absolute Gasteiger partial charge is 0.468 e. The number of benzene rings is 3. The van der Waals surface area contributed by atoms with Crippen LogP contribution < -0.4 is 4.90 Å². The number of ketones is 1. The molecule has 4 atom stereocenters. The fraction of sp³-hybridized carbons (Fsp3) is 0.179. The first kappa shape index (κ1) is 23.0. The third kappa shape index (κ3) is 3.28. The third-order valence-corrected chi connectivity index (χ3v) is 7.04. The number of Topliss-reactive ketones (excluding diaryl/α,β-unsaturated/α-hetero) is 1. The summed E-state index contributed by atoms with van der Waals surface area (Å²) < 4.78 is 5.17. The SMILES string of the molecule is COC(=O)[C@@]1(C#N)[C@@H]2C=Cc3ccccc3N2[C@@H](C(=O)c2ccccc2)[C@@H]1c1ccc([N+](=O)[O-])cc1. The summed E-state index contributed by atoms with van der Waals surface area (Å²) in [6.07, 6.45) is 3.60. The lowest BCUT2D eigenvalue weighted by molar-refractivity contribution is -0.384. The fourth-order valence-electron chi connectivity index (χ4n) is 5.49. The Labute approximate surface area is 207 Å². The van der Waals surface area contributed by atoms with Crippen LogP contribution in [0.4, 0.5) is 11.4 Å². The second-order valence-electron chi connectivity index (χ2n) is 8.74. The molecule has 0 radical (unpaired) electrons. The first-order chi connectivity index (χ1) is 17.4. The molecule has 2 aliphatic heterocycles. The number of carbonyl (C=O) groups is 2. The lowest BCUT2D eigenvalue weighted by Gasteiger charge is -2.36. The van der Waals surface area contributed by atoms with Crippen molar-refractivity contribution in [3.05, 3.63) is 112 Å². The van der Waals surface area contributed by atoms with Crippen LogP contribution in [0.25, 0.3) is 6.08 Å². The van der Waals surface area contributed by atoms with Gasteiger partial charge in [0.15, 0.2) is 11.2 Å². The van der Waals surface area contributed by atoms with E-state index in [1.54, 1.807) is 36.4 Å². The van der Waals surface area contributed by atoms with Crippen LogP contribution in [0.3, 0.4) is 0 Å². The molecular weight excluding hydrogens is 458 g/mol. The standard InChI is InChI=1S/C28H21N3O5/c1-36-27(33)28(17-29)23-16-13-18-7-5-6-10-22(18)30(23)25(26(32)20-8-3-2-4-9-20)24(28)19-11-14-21(15-12-19)31(34)35/h2-16,23-25H,1H3/t23-,24-,25+,28-/m0/s1. The van der Waals surface area contributed by atoms with E-state index >= 15 is 0 Å². The topological polar surface area (TPSA) is 114 Å². The average Bonchev–Trinajstić information content (AvgIpc) is 3.24. The Balaban J connectivity index is 1.80. The summed E-state index contributed by atoms with van der Waals surface area (Å²) in [4.78, 5) is 40.2. The van der Waals surface area contributed by atoms with E-state index in [4.69, 9.17) is 4.74 Å². The highest BCUT2D eigenvalue weighted by Gasteiger charge is 2.67. The van der Waals surface area contributed by atoms with Gasteiger partial charge in [-0.25, -0.2) is 0 Å². The number of esters is 1. The lowest BCUT2D eigenvalue weighted by Crippen LogP contribution is -2.46. The smallest absolute Gasteiger partial charge is 0.329 e. The van der Waals surface area contributed by atoms with E-state index in [1.807, 2.05) is 35.2 Å². The molecule has 8 nitrogen and oxygen atoms in total. The van der Waals surface area contributed by atoms with Gasteiger partial charge in [0, 0.05) is 29.3 Å². The summed E-state index contributed by atoms with van der Waals surface area (Å²) in [5.41, 5.74) is 0.532. The quantitative estimate of drug-likeness (QED) is 0.229. The minimum Gasteiger partial charge on any atom is -0.468 e. The minimum absolute atomic E-state index is 0.133. The summed E-state index contributed by atoms with van der Waals surface area (Å²) in [6, 6.07) is 22.3. The molecular formula is C28H21N3O5. The van der Waals surface area contributed by atoms with Gasteiger partial charge in [0.1, 0.15) is 6.04 Å². The van der Waals surface area contributed by atoms with Gasteiger partial charge in [-0.3, -0.25) is 19.7 Å². The van der Waals surface area contributed by atoms with Gasteiger partial charge in [-0.15, -0.1) is 0 Å². The van der Waals surface area contributed by atoms with E-state index in [0.717, 1.165) is 5.56 Å². The monoisotopic (exact) mass is 479 g/mol. The van der Waals surface area contributed by atoms with E-state index < -0.39 is 34.3 Å². The number of nitro groups is 1. The molecule has 0 bridgehead atoms. The van der Waals surface area contributed by atoms with Crippen molar-refractivity contribution in [1.82, 2.24) is 0 Å². The van der Waals surface area contributed by atoms with Gasteiger partial charge in [-0.1, -0.05) is 72.8 Å². The molecule has 1 saturated heterocycles. The van der Waals surface area contributed by atoms with Crippen molar-refractivity contribution in [2.75, 3.05) is 12.0 Å². The van der Waals surface area contributed by atoms with Gasteiger partial charge >= 0.3 is 5.97 Å². The first-order valence-electron chi connectivity index (χ1n) is 11.3. The van der Waals surface area contributed by atoms with Crippen LogP contribution in [0.2, 0.25) is 0 Å².